The molecule has 0 saturated carbocycles. The first-order valence-electron chi connectivity index (χ1n) is 13.5. The summed E-state index contributed by atoms with van der Waals surface area (Å²) in [6, 6.07) is 23.5. The van der Waals surface area contributed by atoms with Gasteiger partial charge in [0, 0.05) is 0 Å². The van der Waals surface area contributed by atoms with Gasteiger partial charge < -0.3 is 30.2 Å². The van der Waals surface area contributed by atoms with E-state index in [9.17, 15) is 14.4 Å². The van der Waals surface area contributed by atoms with Gasteiger partial charge in [0.1, 0.15) is 25.3 Å². The zero-order chi connectivity index (χ0) is 30.6. The maximum atomic E-state index is 13.1. The number of nitrogens with zero attached hydrogens (tertiary/aromatic N) is 3. The van der Waals surface area contributed by atoms with E-state index in [0.717, 1.165) is 11.1 Å². The number of anilines is 3. The molecule has 4 rings (SSSR count). The normalized spacial score (nSPS) is 11.9. The molecule has 0 saturated heterocycles. The summed E-state index contributed by atoms with van der Waals surface area (Å²) in [5, 5.41) is 8.54. The van der Waals surface area contributed by atoms with Crippen molar-refractivity contribution < 1.29 is 28.6 Å². The number of carbonyl (C=O) groups excluding carboxylic acids is 3. The molecule has 0 spiro atoms. The van der Waals surface area contributed by atoms with Crippen molar-refractivity contribution in [3.8, 4) is 6.01 Å². The first kappa shape index (κ1) is 30.4. The molecule has 3 aromatic carbocycles. The molecule has 0 aliphatic heterocycles. The van der Waals surface area contributed by atoms with Crippen molar-refractivity contribution in [3.05, 3.63) is 102 Å². The lowest BCUT2D eigenvalue weighted by atomic mass is 10.1. The standard InChI is InChI=1S/C31H32N6O6/c1-20(27(39)42-18-22-12-6-4-7-13-22)32-26(38)24-16-10-11-17-25(24)34-30-35-29(36-31(37-30)41-3)33-21(2)28(40)43-19-23-14-8-5-9-15-23/h4-17,20-21H,18-19H2,1-3H3,(H,32,38)(H2,33,34,35,36,37)/t20-,21-/m0/s1. The zero-order valence-electron chi connectivity index (χ0n) is 23.9. The maximum absolute atomic E-state index is 13.1. The van der Waals surface area contributed by atoms with Crippen molar-refractivity contribution in [1.29, 1.82) is 0 Å². The van der Waals surface area contributed by atoms with Gasteiger partial charge in [-0.15, -0.1) is 0 Å². The highest BCUT2D eigenvalue weighted by Crippen LogP contribution is 2.21. The van der Waals surface area contributed by atoms with Gasteiger partial charge in [-0.05, 0) is 37.1 Å². The topological polar surface area (TPSA) is 154 Å². The lowest BCUT2D eigenvalue weighted by Gasteiger charge is -2.16. The van der Waals surface area contributed by atoms with Gasteiger partial charge >= 0.3 is 17.9 Å². The molecule has 43 heavy (non-hydrogen) atoms. The highest BCUT2D eigenvalue weighted by Gasteiger charge is 2.21. The molecule has 0 bridgehead atoms. The van der Waals surface area contributed by atoms with Crippen LogP contribution in [0, 0.1) is 0 Å². The van der Waals surface area contributed by atoms with E-state index in [0.29, 0.717) is 5.69 Å². The monoisotopic (exact) mass is 584 g/mol. The van der Waals surface area contributed by atoms with Gasteiger partial charge in [0.15, 0.2) is 0 Å². The van der Waals surface area contributed by atoms with Crippen LogP contribution in [-0.2, 0) is 32.3 Å². The molecule has 4 aromatic rings. The zero-order valence-corrected chi connectivity index (χ0v) is 23.9. The van der Waals surface area contributed by atoms with Crippen molar-refractivity contribution in [1.82, 2.24) is 20.3 Å². The van der Waals surface area contributed by atoms with Gasteiger partial charge in [-0.1, -0.05) is 72.8 Å². The predicted octanol–water partition coefficient (Wildman–Crippen LogP) is 4.03. The number of carbonyl (C=O) groups is 3. The Hall–Kier alpha value is -5.52. The minimum Gasteiger partial charge on any atom is -0.467 e. The summed E-state index contributed by atoms with van der Waals surface area (Å²) in [4.78, 5) is 50.8. The van der Waals surface area contributed by atoms with E-state index in [1.165, 1.54) is 7.11 Å². The number of hydrogen-bond donors (Lipinski definition) is 3. The summed E-state index contributed by atoms with van der Waals surface area (Å²) in [5.74, 6) is -1.49. The Morgan fingerprint density at radius 2 is 1.23 bits per heavy atom. The SMILES string of the molecule is COc1nc(Nc2ccccc2C(=O)N[C@@H](C)C(=O)OCc2ccccc2)nc(N[C@@H](C)C(=O)OCc2ccccc2)n1. The molecule has 0 aliphatic rings. The Morgan fingerprint density at radius 3 is 1.84 bits per heavy atom. The molecular formula is C31H32N6O6. The molecule has 2 atom stereocenters. The molecule has 12 nitrogen and oxygen atoms in total. The second-order valence-corrected chi connectivity index (χ2v) is 9.39. The average molecular weight is 585 g/mol. The second-order valence-electron chi connectivity index (χ2n) is 9.39. The maximum Gasteiger partial charge on any atom is 0.328 e. The number of hydrogen-bond acceptors (Lipinski definition) is 11. The Bertz CT molecular complexity index is 1540. The Kier molecular flexibility index (Phi) is 10.6. The molecule has 1 heterocycles. The van der Waals surface area contributed by atoms with Gasteiger partial charge in [-0.3, -0.25) is 4.79 Å². The van der Waals surface area contributed by atoms with Crippen LogP contribution in [0.25, 0.3) is 0 Å². The van der Waals surface area contributed by atoms with Crippen molar-refractivity contribution >= 4 is 35.4 Å². The van der Waals surface area contributed by atoms with E-state index >= 15 is 0 Å². The average Bonchev–Trinajstić information content (AvgIpc) is 3.03. The van der Waals surface area contributed by atoms with Gasteiger partial charge in [0.05, 0.1) is 18.4 Å². The van der Waals surface area contributed by atoms with E-state index in [4.69, 9.17) is 14.2 Å². The Morgan fingerprint density at radius 1 is 0.698 bits per heavy atom. The van der Waals surface area contributed by atoms with Crippen LogP contribution in [0.2, 0.25) is 0 Å². The first-order valence-corrected chi connectivity index (χ1v) is 13.5. The molecule has 3 N–H and O–H groups in total. The van der Waals surface area contributed by atoms with Crippen LogP contribution < -0.4 is 20.7 Å². The van der Waals surface area contributed by atoms with Crippen molar-refractivity contribution in [3.63, 3.8) is 0 Å². The quantitative estimate of drug-likeness (QED) is 0.195. The third-order valence-corrected chi connectivity index (χ3v) is 6.06. The summed E-state index contributed by atoms with van der Waals surface area (Å²) in [7, 11) is 1.39. The van der Waals surface area contributed by atoms with E-state index in [1.807, 2.05) is 60.7 Å². The summed E-state index contributed by atoms with van der Waals surface area (Å²) < 4.78 is 15.9. The van der Waals surface area contributed by atoms with E-state index < -0.39 is 29.9 Å². The molecular weight excluding hydrogens is 552 g/mol. The summed E-state index contributed by atoms with van der Waals surface area (Å²) >= 11 is 0. The molecule has 0 radical (unpaired) electrons. The molecule has 222 valence electrons. The fourth-order valence-electron chi connectivity index (χ4n) is 3.77. The van der Waals surface area contributed by atoms with Gasteiger partial charge in [-0.25, -0.2) is 9.59 Å². The first-order chi connectivity index (χ1) is 20.8. The minimum atomic E-state index is -0.902. The highest BCUT2D eigenvalue weighted by atomic mass is 16.5. The highest BCUT2D eigenvalue weighted by molar-refractivity contribution is 6.01. The molecule has 0 fully saturated rings. The number of esters is 2. The minimum absolute atomic E-state index is 0.0263. The van der Waals surface area contributed by atoms with E-state index in [1.54, 1.807) is 38.1 Å². The smallest absolute Gasteiger partial charge is 0.328 e. The van der Waals surface area contributed by atoms with Crippen LogP contribution in [0.5, 0.6) is 6.01 Å². The van der Waals surface area contributed by atoms with Gasteiger partial charge in [0.25, 0.3) is 5.91 Å². The van der Waals surface area contributed by atoms with Crippen LogP contribution in [0.3, 0.4) is 0 Å². The summed E-state index contributed by atoms with van der Waals surface area (Å²) in [5.41, 5.74) is 2.29. The second kappa shape index (κ2) is 14.9. The number of benzene rings is 3. The van der Waals surface area contributed by atoms with Crippen molar-refractivity contribution in [2.45, 2.75) is 39.1 Å². The molecule has 1 amide bonds. The summed E-state index contributed by atoms with van der Waals surface area (Å²) in [6.07, 6.45) is 0. The number of aromatic nitrogens is 3. The van der Waals surface area contributed by atoms with Crippen LogP contribution in [0.1, 0.15) is 35.3 Å². The number of amides is 1. The van der Waals surface area contributed by atoms with Crippen LogP contribution >= 0.6 is 0 Å². The number of methoxy groups -OCH3 is 1. The number of ether oxygens (including phenoxy) is 3. The largest absolute Gasteiger partial charge is 0.467 e. The van der Waals surface area contributed by atoms with Crippen molar-refractivity contribution in [2.75, 3.05) is 17.7 Å². The number of para-hydroxylation sites is 1. The van der Waals surface area contributed by atoms with Crippen LogP contribution in [-0.4, -0.2) is 52.0 Å². The third kappa shape index (κ3) is 8.98. The number of nitrogens with one attached hydrogen (secondary N) is 3. The fraction of sp³-hybridized carbons (Fsp3) is 0.226. The van der Waals surface area contributed by atoms with E-state index in [2.05, 4.69) is 30.9 Å². The molecule has 1 aromatic heterocycles. The lowest BCUT2D eigenvalue weighted by Crippen LogP contribution is -2.39. The van der Waals surface area contributed by atoms with Crippen molar-refractivity contribution in [2.24, 2.45) is 0 Å². The van der Waals surface area contributed by atoms with Crippen LogP contribution in [0.4, 0.5) is 17.6 Å². The van der Waals surface area contributed by atoms with Gasteiger partial charge in [-0.2, -0.15) is 15.0 Å². The van der Waals surface area contributed by atoms with Crippen LogP contribution in [0.15, 0.2) is 84.9 Å². The lowest BCUT2D eigenvalue weighted by molar-refractivity contribution is -0.147. The summed E-state index contributed by atoms with van der Waals surface area (Å²) in [6.45, 7) is 3.38. The third-order valence-electron chi connectivity index (χ3n) is 6.06. The van der Waals surface area contributed by atoms with Gasteiger partial charge in [0.2, 0.25) is 11.9 Å². The fourth-order valence-corrected chi connectivity index (χ4v) is 3.77. The molecule has 0 unspecified atom stereocenters. The molecule has 12 heteroatoms. The molecule has 0 aliphatic carbocycles. The Balaban J connectivity index is 1.40. The Labute approximate surface area is 248 Å². The number of rotatable bonds is 13. The van der Waals surface area contributed by atoms with E-state index in [-0.39, 0.29) is 36.7 Å². The predicted molar refractivity (Wildman–Crippen MR) is 159 cm³/mol.